The van der Waals surface area contributed by atoms with Gasteiger partial charge in [0.15, 0.2) is 0 Å². The van der Waals surface area contributed by atoms with Crippen LogP contribution in [0.2, 0.25) is 0 Å². The topological polar surface area (TPSA) is 95.9 Å². The molecule has 1 saturated heterocycles. The fourth-order valence-corrected chi connectivity index (χ4v) is 3.78. The second-order valence-electron chi connectivity index (χ2n) is 5.73. The quantitative estimate of drug-likeness (QED) is 0.548. The number of nitrogens with zero attached hydrogens (tertiary/aromatic N) is 1. The molecule has 132 valence electrons. The Bertz CT molecular complexity index is 734. The average molecular weight is 362 g/mol. The van der Waals surface area contributed by atoms with E-state index in [0.29, 0.717) is 5.57 Å². The van der Waals surface area contributed by atoms with Crippen LogP contribution in [-0.4, -0.2) is 58.7 Å². The SMILES string of the molecule is CS[C@@H]1[C@@H](NC(=O)Cc2ccccc2)C(=O)N1C1=C(CO)COC1=O. The van der Waals surface area contributed by atoms with E-state index in [1.54, 1.807) is 6.26 Å². The molecule has 1 aromatic rings. The zero-order valence-corrected chi connectivity index (χ0v) is 14.4. The van der Waals surface area contributed by atoms with E-state index in [4.69, 9.17) is 4.74 Å². The molecular weight excluding hydrogens is 344 g/mol. The number of nitrogens with one attached hydrogen (secondary N) is 1. The van der Waals surface area contributed by atoms with Gasteiger partial charge < -0.3 is 15.2 Å². The summed E-state index contributed by atoms with van der Waals surface area (Å²) in [4.78, 5) is 37.9. The number of thioether (sulfide) groups is 1. The van der Waals surface area contributed by atoms with Crippen molar-refractivity contribution in [3.8, 4) is 0 Å². The molecule has 0 radical (unpaired) electrons. The first kappa shape index (κ1) is 17.5. The molecule has 2 aliphatic heterocycles. The first-order chi connectivity index (χ1) is 12.1. The molecule has 0 aliphatic carbocycles. The van der Waals surface area contributed by atoms with E-state index in [1.807, 2.05) is 30.3 Å². The Morgan fingerprint density at radius 3 is 2.72 bits per heavy atom. The first-order valence-electron chi connectivity index (χ1n) is 7.76. The molecule has 0 unspecified atom stereocenters. The van der Waals surface area contributed by atoms with Crippen LogP contribution in [0.15, 0.2) is 41.6 Å². The molecular formula is C17H18N2O5S. The minimum absolute atomic E-state index is 0.0133. The van der Waals surface area contributed by atoms with Crippen molar-refractivity contribution in [3.63, 3.8) is 0 Å². The maximum atomic E-state index is 12.5. The molecule has 2 aliphatic rings. The molecule has 2 N–H and O–H groups in total. The Kier molecular flexibility index (Phi) is 5.10. The number of cyclic esters (lactones) is 1. The van der Waals surface area contributed by atoms with Gasteiger partial charge in [0.2, 0.25) is 5.91 Å². The van der Waals surface area contributed by atoms with Crippen LogP contribution in [-0.2, 0) is 25.5 Å². The highest BCUT2D eigenvalue weighted by molar-refractivity contribution is 7.99. The third-order valence-electron chi connectivity index (χ3n) is 4.15. The normalized spacial score (nSPS) is 22.7. The van der Waals surface area contributed by atoms with Gasteiger partial charge in [0.25, 0.3) is 5.91 Å². The summed E-state index contributed by atoms with van der Waals surface area (Å²) in [5, 5.41) is 11.7. The molecule has 1 aromatic carbocycles. The number of carbonyl (C=O) groups excluding carboxylic acids is 3. The zero-order valence-electron chi connectivity index (χ0n) is 13.6. The maximum Gasteiger partial charge on any atom is 0.355 e. The van der Waals surface area contributed by atoms with E-state index < -0.39 is 17.4 Å². The molecule has 3 rings (SSSR count). The third kappa shape index (κ3) is 3.27. The van der Waals surface area contributed by atoms with Gasteiger partial charge in [-0.1, -0.05) is 30.3 Å². The smallest absolute Gasteiger partial charge is 0.355 e. The van der Waals surface area contributed by atoms with Gasteiger partial charge in [-0.3, -0.25) is 14.5 Å². The molecule has 0 spiro atoms. The van der Waals surface area contributed by atoms with Crippen molar-refractivity contribution in [2.24, 2.45) is 0 Å². The largest absolute Gasteiger partial charge is 0.456 e. The lowest BCUT2D eigenvalue weighted by atomic mass is 10.0. The zero-order chi connectivity index (χ0) is 18.0. The summed E-state index contributed by atoms with van der Waals surface area (Å²) in [6.45, 7) is -0.364. The van der Waals surface area contributed by atoms with Crippen LogP contribution in [0, 0.1) is 0 Å². The first-order valence-corrected chi connectivity index (χ1v) is 9.04. The van der Waals surface area contributed by atoms with Gasteiger partial charge in [-0.15, -0.1) is 11.8 Å². The summed E-state index contributed by atoms with van der Waals surface area (Å²) in [6.07, 6.45) is 1.97. The number of rotatable bonds is 6. The second kappa shape index (κ2) is 7.28. The summed E-state index contributed by atoms with van der Waals surface area (Å²) in [5.74, 6) is -1.25. The summed E-state index contributed by atoms with van der Waals surface area (Å²) in [7, 11) is 0. The predicted octanol–water partition coefficient (Wildman–Crippen LogP) is 0.0484. The predicted molar refractivity (Wildman–Crippen MR) is 91.3 cm³/mol. The van der Waals surface area contributed by atoms with E-state index in [1.165, 1.54) is 16.7 Å². The van der Waals surface area contributed by atoms with Crippen molar-refractivity contribution in [2.45, 2.75) is 17.8 Å². The Labute approximate surface area is 149 Å². The number of esters is 1. The Morgan fingerprint density at radius 1 is 1.36 bits per heavy atom. The number of carbonyl (C=O) groups is 3. The van der Waals surface area contributed by atoms with Crippen molar-refractivity contribution in [3.05, 3.63) is 47.2 Å². The number of benzene rings is 1. The van der Waals surface area contributed by atoms with Crippen LogP contribution in [0.3, 0.4) is 0 Å². The van der Waals surface area contributed by atoms with Crippen molar-refractivity contribution in [1.29, 1.82) is 0 Å². The fourth-order valence-electron chi connectivity index (χ4n) is 2.90. The van der Waals surface area contributed by atoms with Crippen LogP contribution in [0.25, 0.3) is 0 Å². The highest BCUT2D eigenvalue weighted by atomic mass is 32.2. The van der Waals surface area contributed by atoms with Gasteiger partial charge >= 0.3 is 5.97 Å². The molecule has 1 fully saturated rings. The van der Waals surface area contributed by atoms with Crippen LogP contribution in [0.1, 0.15) is 5.56 Å². The van der Waals surface area contributed by atoms with E-state index >= 15 is 0 Å². The van der Waals surface area contributed by atoms with Crippen LogP contribution < -0.4 is 5.32 Å². The molecule has 8 heteroatoms. The number of ether oxygens (including phenoxy) is 1. The molecule has 0 bridgehead atoms. The molecule has 2 atom stereocenters. The summed E-state index contributed by atoms with van der Waals surface area (Å²) in [5.41, 5.74) is 1.33. The summed E-state index contributed by atoms with van der Waals surface area (Å²) in [6, 6.07) is 8.54. The maximum absolute atomic E-state index is 12.5. The molecule has 2 amide bonds. The number of hydrogen-bond acceptors (Lipinski definition) is 6. The van der Waals surface area contributed by atoms with Crippen molar-refractivity contribution in [2.75, 3.05) is 19.5 Å². The van der Waals surface area contributed by atoms with Gasteiger partial charge in [-0.2, -0.15) is 0 Å². The third-order valence-corrected chi connectivity index (χ3v) is 5.11. The van der Waals surface area contributed by atoms with Gasteiger partial charge in [0, 0.05) is 5.57 Å². The van der Waals surface area contributed by atoms with Crippen molar-refractivity contribution < 1.29 is 24.2 Å². The molecule has 7 nitrogen and oxygen atoms in total. The van der Waals surface area contributed by atoms with Gasteiger partial charge in [0.1, 0.15) is 23.7 Å². The van der Waals surface area contributed by atoms with E-state index in [9.17, 15) is 19.5 Å². The number of hydrogen-bond donors (Lipinski definition) is 2. The van der Waals surface area contributed by atoms with E-state index in [-0.39, 0.29) is 37.1 Å². The monoisotopic (exact) mass is 362 g/mol. The molecule has 25 heavy (non-hydrogen) atoms. The number of aliphatic hydroxyl groups excluding tert-OH is 1. The number of likely N-dealkylation sites (tertiary alicyclic amines) is 1. The van der Waals surface area contributed by atoms with Crippen LogP contribution >= 0.6 is 11.8 Å². The average Bonchev–Trinajstić information content (AvgIpc) is 2.98. The lowest BCUT2D eigenvalue weighted by Gasteiger charge is -2.46. The Morgan fingerprint density at radius 2 is 2.08 bits per heavy atom. The number of aliphatic hydroxyl groups is 1. The lowest BCUT2D eigenvalue weighted by molar-refractivity contribution is -0.150. The lowest BCUT2D eigenvalue weighted by Crippen LogP contribution is -2.69. The molecule has 0 saturated carbocycles. The molecule has 2 heterocycles. The standard InChI is InChI=1S/C17H18N2O5S/c1-25-16-13(18-12(21)7-10-5-3-2-4-6-10)15(22)19(16)14-11(8-20)9-24-17(14)23/h2-6,13,16,20H,7-9H2,1H3,(H,18,21)/t13-,16+/m0/s1. The van der Waals surface area contributed by atoms with Crippen molar-refractivity contribution in [1.82, 2.24) is 10.2 Å². The fraction of sp³-hybridized carbons (Fsp3) is 0.353. The minimum Gasteiger partial charge on any atom is -0.456 e. The Hall–Kier alpha value is -2.32. The van der Waals surface area contributed by atoms with E-state index in [0.717, 1.165) is 5.56 Å². The highest BCUT2D eigenvalue weighted by Gasteiger charge is 2.52. The second-order valence-corrected chi connectivity index (χ2v) is 6.68. The minimum atomic E-state index is -0.702. The molecule has 0 aromatic heterocycles. The van der Waals surface area contributed by atoms with Crippen LogP contribution in [0.5, 0.6) is 0 Å². The van der Waals surface area contributed by atoms with Gasteiger partial charge in [-0.25, -0.2) is 4.79 Å². The Balaban J connectivity index is 1.69. The van der Waals surface area contributed by atoms with Crippen LogP contribution in [0.4, 0.5) is 0 Å². The number of β-lactam (4-membered cyclic amide) rings is 1. The summed E-state index contributed by atoms with van der Waals surface area (Å²) < 4.78 is 4.90. The van der Waals surface area contributed by atoms with Gasteiger partial charge in [0.05, 0.1) is 13.0 Å². The van der Waals surface area contributed by atoms with E-state index in [2.05, 4.69) is 5.32 Å². The highest BCUT2D eigenvalue weighted by Crippen LogP contribution is 2.35. The van der Waals surface area contributed by atoms with Crippen molar-refractivity contribution >= 4 is 29.5 Å². The van der Waals surface area contributed by atoms with Gasteiger partial charge in [-0.05, 0) is 11.8 Å². The number of amides is 2. The summed E-state index contributed by atoms with van der Waals surface area (Å²) >= 11 is 1.35.